The van der Waals surface area contributed by atoms with Crippen LogP contribution in [0.5, 0.6) is 0 Å². The van der Waals surface area contributed by atoms with Gasteiger partial charge in [0.25, 0.3) is 0 Å². The van der Waals surface area contributed by atoms with E-state index in [1.54, 1.807) is 0 Å². The summed E-state index contributed by atoms with van der Waals surface area (Å²) in [6.45, 7) is 9.77. The van der Waals surface area contributed by atoms with Crippen LogP contribution < -0.4 is 10.2 Å². The topological polar surface area (TPSA) is 54.4 Å². The van der Waals surface area contributed by atoms with Gasteiger partial charge in [0.15, 0.2) is 5.96 Å². The molecule has 0 bridgehead atoms. The number of carbonyl (C=O) groups is 1. The molecule has 3 aliphatic rings. The number of aliphatic imine (C=N–C) groups is 1. The lowest BCUT2D eigenvalue weighted by Crippen LogP contribution is -2.52. The number of carbonyl (C=O) groups excluding carboxylic acids is 1. The second-order valence-electron chi connectivity index (χ2n) is 9.23. The van der Waals surface area contributed by atoms with Gasteiger partial charge in [-0.05, 0) is 45.5 Å². The van der Waals surface area contributed by atoms with Gasteiger partial charge in [-0.3, -0.25) is 14.7 Å². The minimum absolute atomic E-state index is 0. The maximum absolute atomic E-state index is 12.0. The van der Waals surface area contributed by atoms with Crippen molar-refractivity contribution in [3.05, 3.63) is 29.8 Å². The predicted molar refractivity (Wildman–Crippen MR) is 142 cm³/mol. The van der Waals surface area contributed by atoms with Gasteiger partial charge in [-0.15, -0.1) is 24.0 Å². The van der Waals surface area contributed by atoms with E-state index in [4.69, 9.17) is 4.99 Å². The van der Waals surface area contributed by atoms with Crippen molar-refractivity contribution in [1.82, 2.24) is 20.0 Å². The molecule has 3 heterocycles. The van der Waals surface area contributed by atoms with Gasteiger partial charge in [-0.25, -0.2) is 0 Å². The standard InChI is InChI=1S/C24H38N6O.HI/c1-4-25-24(26-16-20-18-27(2)14-15-28(20)3)30-17-19(21-8-5-6-9-22(21)30)11-13-29-12-7-10-23(29)31;/h5-6,8-9,19-20H,4,7,10-18H2,1-3H3,(H,25,26);1H. The molecule has 178 valence electrons. The highest BCUT2D eigenvalue weighted by Gasteiger charge is 2.32. The van der Waals surface area contributed by atoms with Gasteiger partial charge in [0.1, 0.15) is 0 Å². The van der Waals surface area contributed by atoms with Crippen molar-refractivity contribution in [2.24, 2.45) is 4.99 Å². The number of para-hydroxylation sites is 1. The van der Waals surface area contributed by atoms with Gasteiger partial charge in [0, 0.05) is 69.9 Å². The molecule has 3 aliphatic heterocycles. The van der Waals surface area contributed by atoms with E-state index in [1.165, 1.54) is 11.3 Å². The van der Waals surface area contributed by atoms with Crippen molar-refractivity contribution in [3.8, 4) is 0 Å². The van der Waals surface area contributed by atoms with Crippen LogP contribution in [0.3, 0.4) is 0 Å². The molecule has 1 amide bonds. The lowest BCUT2D eigenvalue weighted by molar-refractivity contribution is -0.127. The Labute approximate surface area is 210 Å². The number of amides is 1. The number of fused-ring (bicyclic) bond motifs is 1. The fourth-order valence-corrected chi connectivity index (χ4v) is 5.08. The molecule has 0 aromatic heterocycles. The second-order valence-corrected chi connectivity index (χ2v) is 9.23. The number of benzene rings is 1. The SMILES string of the molecule is CCNC(=NCC1CN(C)CCN1C)N1CC(CCN2CCCC2=O)c2ccccc21.I. The molecular weight excluding hydrogens is 515 g/mol. The molecule has 2 saturated heterocycles. The van der Waals surface area contributed by atoms with Crippen molar-refractivity contribution in [2.45, 2.75) is 38.1 Å². The Bertz CT molecular complexity index is 802. The van der Waals surface area contributed by atoms with Crippen LogP contribution >= 0.6 is 24.0 Å². The van der Waals surface area contributed by atoms with Crippen LogP contribution in [0.25, 0.3) is 0 Å². The number of hydrogen-bond donors (Lipinski definition) is 1. The van der Waals surface area contributed by atoms with E-state index >= 15 is 0 Å². The number of piperazine rings is 1. The highest BCUT2D eigenvalue weighted by atomic mass is 127. The van der Waals surface area contributed by atoms with Gasteiger partial charge in [-0.2, -0.15) is 0 Å². The molecule has 2 unspecified atom stereocenters. The molecule has 0 spiro atoms. The van der Waals surface area contributed by atoms with E-state index in [0.29, 0.717) is 17.9 Å². The molecule has 32 heavy (non-hydrogen) atoms. The van der Waals surface area contributed by atoms with Crippen LogP contribution in [-0.4, -0.2) is 99.1 Å². The normalized spacial score (nSPS) is 24.6. The molecule has 1 aromatic carbocycles. The number of anilines is 1. The van der Waals surface area contributed by atoms with Crippen LogP contribution in [0.4, 0.5) is 5.69 Å². The minimum Gasteiger partial charge on any atom is -0.356 e. The van der Waals surface area contributed by atoms with Gasteiger partial charge >= 0.3 is 0 Å². The van der Waals surface area contributed by atoms with E-state index in [1.807, 2.05) is 4.90 Å². The Kier molecular flexibility index (Phi) is 9.19. The number of nitrogens with zero attached hydrogens (tertiary/aromatic N) is 5. The summed E-state index contributed by atoms with van der Waals surface area (Å²) in [4.78, 5) is 26.4. The number of hydrogen-bond acceptors (Lipinski definition) is 4. The zero-order chi connectivity index (χ0) is 21.8. The lowest BCUT2D eigenvalue weighted by Gasteiger charge is -2.37. The van der Waals surface area contributed by atoms with Crippen LogP contribution in [0.2, 0.25) is 0 Å². The number of halogens is 1. The summed E-state index contributed by atoms with van der Waals surface area (Å²) in [5.74, 6) is 1.73. The van der Waals surface area contributed by atoms with Gasteiger partial charge in [-0.1, -0.05) is 18.2 Å². The Morgan fingerprint density at radius 3 is 2.72 bits per heavy atom. The molecule has 8 heteroatoms. The van der Waals surface area contributed by atoms with E-state index in [-0.39, 0.29) is 24.0 Å². The summed E-state index contributed by atoms with van der Waals surface area (Å²) >= 11 is 0. The maximum Gasteiger partial charge on any atom is 0.222 e. The first kappa shape index (κ1) is 25.2. The van der Waals surface area contributed by atoms with Crippen molar-refractivity contribution in [3.63, 3.8) is 0 Å². The first-order chi connectivity index (χ1) is 15.1. The molecule has 7 nitrogen and oxygen atoms in total. The third kappa shape index (κ3) is 5.75. The Morgan fingerprint density at radius 1 is 1.16 bits per heavy atom. The average molecular weight is 555 g/mol. The van der Waals surface area contributed by atoms with Gasteiger partial charge < -0.3 is 20.0 Å². The highest BCUT2D eigenvalue weighted by Crippen LogP contribution is 2.38. The lowest BCUT2D eigenvalue weighted by atomic mass is 9.98. The minimum atomic E-state index is 0. The van der Waals surface area contributed by atoms with Crippen molar-refractivity contribution in [1.29, 1.82) is 0 Å². The van der Waals surface area contributed by atoms with E-state index in [9.17, 15) is 4.79 Å². The molecule has 4 rings (SSSR count). The van der Waals surface area contributed by atoms with Crippen molar-refractivity contribution < 1.29 is 4.79 Å². The number of guanidine groups is 1. The first-order valence-electron chi connectivity index (χ1n) is 11.9. The molecule has 0 radical (unpaired) electrons. The molecule has 1 N–H and O–H groups in total. The predicted octanol–water partition coefficient (Wildman–Crippen LogP) is 2.43. The van der Waals surface area contributed by atoms with Crippen molar-refractivity contribution >= 4 is 41.5 Å². The third-order valence-electron chi connectivity index (χ3n) is 7.01. The molecule has 1 aromatic rings. The Hall–Kier alpha value is -1.39. The number of rotatable bonds is 6. The summed E-state index contributed by atoms with van der Waals surface area (Å²) in [6, 6.07) is 9.16. The van der Waals surface area contributed by atoms with Crippen LogP contribution in [0.1, 0.15) is 37.7 Å². The molecule has 2 atom stereocenters. The highest BCUT2D eigenvalue weighted by molar-refractivity contribution is 14.0. The van der Waals surface area contributed by atoms with Crippen LogP contribution in [-0.2, 0) is 4.79 Å². The summed E-state index contributed by atoms with van der Waals surface area (Å²) in [5.41, 5.74) is 2.64. The van der Waals surface area contributed by atoms with Crippen LogP contribution in [0.15, 0.2) is 29.3 Å². The molecule has 0 aliphatic carbocycles. The van der Waals surface area contributed by atoms with E-state index in [0.717, 1.165) is 77.6 Å². The first-order valence-corrected chi connectivity index (χ1v) is 11.9. The van der Waals surface area contributed by atoms with E-state index < -0.39 is 0 Å². The summed E-state index contributed by atoms with van der Waals surface area (Å²) in [5, 5.41) is 3.54. The average Bonchev–Trinajstić information content (AvgIpc) is 3.35. The quantitative estimate of drug-likeness (QED) is 0.333. The Morgan fingerprint density at radius 2 is 1.97 bits per heavy atom. The third-order valence-corrected chi connectivity index (χ3v) is 7.01. The largest absolute Gasteiger partial charge is 0.356 e. The number of nitrogens with one attached hydrogen (secondary N) is 1. The zero-order valence-corrected chi connectivity index (χ0v) is 22.1. The second kappa shape index (κ2) is 11.7. The summed E-state index contributed by atoms with van der Waals surface area (Å²) in [7, 11) is 4.41. The maximum atomic E-state index is 12.0. The molecular formula is C24H39IN6O. The molecule has 2 fully saturated rings. The van der Waals surface area contributed by atoms with E-state index in [2.05, 4.69) is 65.3 Å². The smallest absolute Gasteiger partial charge is 0.222 e. The number of likely N-dealkylation sites (tertiary alicyclic amines) is 1. The van der Waals surface area contributed by atoms with Crippen molar-refractivity contribution in [2.75, 3.05) is 71.4 Å². The fourth-order valence-electron chi connectivity index (χ4n) is 5.08. The van der Waals surface area contributed by atoms with Gasteiger partial charge in [0.2, 0.25) is 5.91 Å². The summed E-state index contributed by atoms with van der Waals surface area (Å²) < 4.78 is 0. The molecule has 0 saturated carbocycles. The zero-order valence-electron chi connectivity index (χ0n) is 19.8. The summed E-state index contributed by atoms with van der Waals surface area (Å²) in [6.07, 6.45) is 2.73. The fraction of sp³-hybridized carbons (Fsp3) is 0.667. The van der Waals surface area contributed by atoms with Crippen LogP contribution in [0, 0.1) is 0 Å². The van der Waals surface area contributed by atoms with Gasteiger partial charge in [0.05, 0.1) is 6.54 Å². The monoisotopic (exact) mass is 554 g/mol. The Balaban J connectivity index is 0.00000289. The number of likely N-dealkylation sites (N-methyl/N-ethyl adjacent to an activating group) is 2.